The molecule has 0 atom stereocenters. The normalized spacial score (nSPS) is 14.9. The third kappa shape index (κ3) is 3.69. The average molecular weight is 463 g/mol. The number of carbonyl (C=O) groups excluding carboxylic acids is 1. The smallest absolute Gasteiger partial charge is 0.339 e. The van der Waals surface area contributed by atoms with Gasteiger partial charge < -0.3 is 8.92 Å². The van der Waals surface area contributed by atoms with Gasteiger partial charge in [0.25, 0.3) is 0 Å². The Morgan fingerprint density at radius 2 is 1.85 bits per heavy atom. The number of halogens is 1. The maximum absolute atomic E-state index is 12.4. The first-order valence-corrected chi connectivity index (χ1v) is 10.8. The lowest BCUT2D eigenvalue weighted by atomic mass is 10.1. The summed E-state index contributed by atoms with van der Waals surface area (Å²) >= 11 is 4.74. The molecule has 0 spiro atoms. The van der Waals surface area contributed by atoms with Gasteiger partial charge in [-0.3, -0.25) is 4.79 Å². The number of fused-ring (bicyclic) bond motifs is 1. The van der Waals surface area contributed by atoms with Crippen LogP contribution in [0.1, 0.15) is 15.2 Å². The molecule has 0 unspecified atom stereocenters. The van der Waals surface area contributed by atoms with Gasteiger partial charge in [0.2, 0.25) is 5.78 Å². The first-order valence-electron chi connectivity index (χ1n) is 7.74. The Bertz CT molecular complexity index is 1150. The number of benzene rings is 2. The molecule has 0 aliphatic carbocycles. The summed E-state index contributed by atoms with van der Waals surface area (Å²) in [7, 11) is -3.99. The highest BCUT2D eigenvalue weighted by Gasteiger charge is 2.28. The Morgan fingerprint density at radius 1 is 1.07 bits per heavy atom. The Morgan fingerprint density at radius 3 is 2.56 bits per heavy atom. The minimum absolute atomic E-state index is 0.0291. The maximum Gasteiger partial charge on any atom is 0.339 e. The van der Waals surface area contributed by atoms with E-state index in [1.165, 1.54) is 41.7 Å². The molecule has 0 N–H and O–H groups in total. The van der Waals surface area contributed by atoms with Crippen LogP contribution >= 0.6 is 27.3 Å². The number of thiophene rings is 1. The zero-order valence-electron chi connectivity index (χ0n) is 13.6. The first-order chi connectivity index (χ1) is 12.9. The van der Waals surface area contributed by atoms with Crippen LogP contribution in [0.4, 0.5) is 0 Å². The Balaban J connectivity index is 1.60. The molecule has 136 valence electrons. The van der Waals surface area contributed by atoms with E-state index in [-0.39, 0.29) is 27.9 Å². The zero-order chi connectivity index (χ0) is 19.0. The third-order valence-electron chi connectivity index (χ3n) is 3.77. The van der Waals surface area contributed by atoms with Crippen molar-refractivity contribution in [1.82, 2.24) is 0 Å². The average Bonchev–Trinajstić information content (AvgIpc) is 3.24. The summed E-state index contributed by atoms with van der Waals surface area (Å²) in [5.74, 6) is 0.286. The number of ketones is 1. The zero-order valence-corrected chi connectivity index (χ0v) is 16.8. The molecule has 1 aromatic heterocycles. The third-order valence-corrected chi connectivity index (χ3v) is 6.38. The van der Waals surface area contributed by atoms with Crippen LogP contribution in [0.5, 0.6) is 11.5 Å². The highest BCUT2D eigenvalue weighted by molar-refractivity contribution is 9.10. The van der Waals surface area contributed by atoms with Crippen LogP contribution in [-0.2, 0) is 10.1 Å². The molecule has 2 aromatic carbocycles. The topological polar surface area (TPSA) is 69.7 Å². The van der Waals surface area contributed by atoms with E-state index in [1.807, 2.05) is 17.5 Å². The predicted octanol–water partition coefficient (Wildman–Crippen LogP) is 4.89. The molecule has 0 bridgehead atoms. The summed E-state index contributed by atoms with van der Waals surface area (Å²) < 4.78 is 36.3. The van der Waals surface area contributed by atoms with Crippen LogP contribution in [0.15, 0.2) is 75.1 Å². The fourth-order valence-electron chi connectivity index (χ4n) is 2.50. The molecule has 0 fully saturated rings. The van der Waals surface area contributed by atoms with E-state index in [2.05, 4.69) is 15.9 Å². The lowest BCUT2D eigenvalue weighted by Gasteiger charge is -2.08. The summed E-state index contributed by atoms with van der Waals surface area (Å²) in [6.07, 6.45) is 1.66. The summed E-state index contributed by atoms with van der Waals surface area (Å²) in [5, 5.41) is 1.90. The van der Waals surface area contributed by atoms with Crippen molar-refractivity contribution in [2.24, 2.45) is 0 Å². The molecule has 0 radical (unpaired) electrons. The standard InChI is InChI=1S/C19H11BrO5S2/c20-12-3-6-15(7-4-12)27(22,23)25-13-5-8-16-17(10-13)24-18(19(16)21)11-14-2-1-9-26-14/h1-11H/b18-11-. The van der Waals surface area contributed by atoms with Crippen LogP contribution in [0.2, 0.25) is 0 Å². The molecule has 2 heterocycles. The lowest BCUT2D eigenvalue weighted by Crippen LogP contribution is -2.09. The Kier molecular flexibility index (Phi) is 4.63. The van der Waals surface area contributed by atoms with Gasteiger partial charge in [0.1, 0.15) is 16.4 Å². The van der Waals surface area contributed by atoms with Crippen molar-refractivity contribution in [2.75, 3.05) is 0 Å². The number of hydrogen-bond donors (Lipinski definition) is 0. The van der Waals surface area contributed by atoms with Crippen molar-refractivity contribution in [1.29, 1.82) is 0 Å². The number of hydrogen-bond acceptors (Lipinski definition) is 6. The summed E-state index contributed by atoms with van der Waals surface area (Å²) in [4.78, 5) is 13.3. The summed E-state index contributed by atoms with van der Waals surface area (Å²) in [5.41, 5.74) is 0.367. The van der Waals surface area contributed by atoms with Gasteiger partial charge >= 0.3 is 10.1 Å². The van der Waals surface area contributed by atoms with Crippen molar-refractivity contribution >= 4 is 49.2 Å². The molecule has 27 heavy (non-hydrogen) atoms. The second-order valence-electron chi connectivity index (χ2n) is 5.60. The predicted molar refractivity (Wildman–Crippen MR) is 106 cm³/mol. The quantitative estimate of drug-likeness (QED) is 0.407. The summed E-state index contributed by atoms with van der Waals surface area (Å²) in [6.45, 7) is 0. The molecule has 0 amide bonds. The second-order valence-corrected chi connectivity index (χ2v) is 9.05. The van der Waals surface area contributed by atoms with E-state index in [1.54, 1.807) is 18.2 Å². The van der Waals surface area contributed by atoms with Crippen molar-refractivity contribution in [3.05, 3.63) is 80.6 Å². The van der Waals surface area contributed by atoms with Crippen molar-refractivity contribution in [3.63, 3.8) is 0 Å². The number of Topliss-reactive ketones (excluding diaryl/α,β-unsaturated/α-hetero) is 1. The van der Waals surface area contributed by atoms with Gasteiger partial charge in [0.15, 0.2) is 5.76 Å². The molecule has 1 aliphatic heterocycles. The van der Waals surface area contributed by atoms with E-state index < -0.39 is 10.1 Å². The van der Waals surface area contributed by atoms with Gasteiger partial charge in [-0.05, 0) is 47.8 Å². The van der Waals surface area contributed by atoms with Crippen molar-refractivity contribution in [2.45, 2.75) is 4.90 Å². The minimum Gasteiger partial charge on any atom is -0.452 e. The van der Waals surface area contributed by atoms with Crippen molar-refractivity contribution in [3.8, 4) is 11.5 Å². The molecule has 1 aliphatic rings. The highest BCUT2D eigenvalue weighted by atomic mass is 79.9. The number of carbonyl (C=O) groups is 1. The summed E-state index contributed by atoms with van der Waals surface area (Å²) in [6, 6.07) is 14.2. The first kappa shape index (κ1) is 18.0. The van der Waals surface area contributed by atoms with Crippen LogP contribution < -0.4 is 8.92 Å². The lowest BCUT2D eigenvalue weighted by molar-refractivity contribution is 0.101. The Hall–Kier alpha value is -2.42. The SMILES string of the molecule is O=C1/C(=C/c2cccs2)Oc2cc(OS(=O)(=O)c3ccc(Br)cc3)ccc21. The molecule has 0 saturated carbocycles. The van der Waals surface area contributed by atoms with Crippen LogP contribution in [0.3, 0.4) is 0 Å². The minimum atomic E-state index is -3.99. The molecular weight excluding hydrogens is 452 g/mol. The monoisotopic (exact) mass is 462 g/mol. The molecule has 3 aromatic rings. The van der Waals surface area contributed by atoms with Gasteiger partial charge in [-0.2, -0.15) is 8.42 Å². The highest BCUT2D eigenvalue weighted by Crippen LogP contribution is 2.36. The van der Waals surface area contributed by atoms with Gasteiger partial charge in [-0.1, -0.05) is 22.0 Å². The van der Waals surface area contributed by atoms with Gasteiger partial charge in [-0.25, -0.2) is 0 Å². The fraction of sp³-hybridized carbons (Fsp3) is 0. The van der Waals surface area contributed by atoms with Gasteiger partial charge in [-0.15, -0.1) is 11.3 Å². The van der Waals surface area contributed by atoms with E-state index in [0.29, 0.717) is 5.56 Å². The van der Waals surface area contributed by atoms with E-state index in [0.717, 1.165) is 9.35 Å². The Labute approximate surface area is 168 Å². The largest absolute Gasteiger partial charge is 0.452 e. The van der Waals surface area contributed by atoms with Gasteiger partial charge in [0.05, 0.1) is 5.56 Å². The van der Waals surface area contributed by atoms with Crippen LogP contribution in [-0.4, -0.2) is 14.2 Å². The number of ether oxygens (including phenoxy) is 1. The van der Waals surface area contributed by atoms with Gasteiger partial charge in [0, 0.05) is 21.5 Å². The number of rotatable bonds is 4. The molecule has 0 saturated heterocycles. The van der Waals surface area contributed by atoms with E-state index in [9.17, 15) is 13.2 Å². The fourth-order valence-corrected chi connectivity index (χ4v) is 4.33. The molecule has 4 rings (SSSR count). The molecule has 5 nitrogen and oxygen atoms in total. The molecular formula is C19H11BrO5S2. The maximum atomic E-state index is 12.4. The van der Waals surface area contributed by atoms with E-state index >= 15 is 0 Å². The number of allylic oxidation sites excluding steroid dienone is 1. The molecule has 8 heteroatoms. The second kappa shape index (κ2) is 6.95. The van der Waals surface area contributed by atoms with Crippen LogP contribution in [0, 0.1) is 0 Å². The van der Waals surface area contributed by atoms with Crippen molar-refractivity contribution < 1.29 is 22.1 Å². The van der Waals surface area contributed by atoms with Crippen LogP contribution in [0.25, 0.3) is 6.08 Å². The van der Waals surface area contributed by atoms with E-state index in [4.69, 9.17) is 8.92 Å².